The van der Waals surface area contributed by atoms with Crippen molar-refractivity contribution < 1.29 is 14.6 Å². The van der Waals surface area contributed by atoms with Crippen molar-refractivity contribution in [1.29, 1.82) is 0 Å². The Labute approximate surface area is 114 Å². The van der Waals surface area contributed by atoms with E-state index in [1.54, 1.807) is 0 Å². The van der Waals surface area contributed by atoms with Crippen LogP contribution in [0.4, 0.5) is 0 Å². The molecule has 3 rings (SSSR count). The summed E-state index contributed by atoms with van der Waals surface area (Å²) >= 11 is 0. The van der Waals surface area contributed by atoms with Gasteiger partial charge in [0.25, 0.3) is 0 Å². The van der Waals surface area contributed by atoms with Crippen LogP contribution in [0.1, 0.15) is 25.7 Å². The molecular formula is C14H24N2O3. The lowest BCUT2D eigenvalue weighted by Crippen LogP contribution is -2.40. The Hall–Kier alpha value is -0.650. The van der Waals surface area contributed by atoms with Crippen molar-refractivity contribution in [2.75, 3.05) is 39.4 Å². The molecule has 0 spiro atoms. The molecule has 0 bridgehead atoms. The number of aliphatic hydroxyl groups is 1. The molecule has 1 amide bonds. The number of rotatable bonds is 4. The van der Waals surface area contributed by atoms with E-state index >= 15 is 0 Å². The van der Waals surface area contributed by atoms with Crippen molar-refractivity contribution in [3.05, 3.63) is 0 Å². The summed E-state index contributed by atoms with van der Waals surface area (Å²) in [4.78, 5) is 16.4. The first kappa shape index (κ1) is 13.3. The molecule has 3 heterocycles. The minimum Gasteiger partial charge on any atom is -0.396 e. The number of likely N-dealkylation sites (tertiary alicyclic amines) is 2. The molecule has 3 aliphatic heterocycles. The van der Waals surface area contributed by atoms with Crippen LogP contribution < -0.4 is 0 Å². The first-order chi connectivity index (χ1) is 9.26. The van der Waals surface area contributed by atoms with Gasteiger partial charge < -0.3 is 14.7 Å². The highest BCUT2D eigenvalue weighted by molar-refractivity contribution is 5.79. The molecule has 3 aliphatic rings. The monoisotopic (exact) mass is 268 g/mol. The maximum atomic E-state index is 12.0. The van der Waals surface area contributed by atoms with Crippen molar-refractivity contribution in [3.8, 4) is 0 Å². The summed E-state index contributed by atoms with van der Waals surface area (Å²) in [7, 11) is 0. The number of ether oxygens (including phenoxy) is 1. The molecule has 3 unspecified atom stereocenters. The standard InChI is InChI=1S/C14H24N2O3/c17-10-11-6-14(18)16(7-11)12-3-4-15(8-12)9-13-2-1-5-19-13/h11-13,17H,1-10H2. The Morgan fingerprint density at radius 2 is 2.21 bits per heavy atom. The average molecular weight is 268 g/mol. The van der Waals surface area contributed by atoms with Crippen LogP contribution in [0, 0.1) is 5.92 Å². The zero-order chi connectivity index (χ0) is 13.2. The van der Waals surface area contributed by atoms with Crippen LogP contribution in [0.2, 0.25) is 0 Å². The highest BCUT2D eigenvalue weighted by atomic mass is 16.5. The molecule has 3 atom stereocenters. The molecule has 5 heteroatoms. The molecule has 5 nitrogen and oxygen atoms in total. The molecule has 1 N–H and O–H groups in total. The van der Waals surface area contributed by atoms with Crippen molar-refractivity contribution in [1.82, 2.24) is 9.80 Å². The first-order valence-corrected chi connectivity index (χ1v) is 7.50. The summed E-state index contributed by atoms with van der Waals surface area (Å²) in [6, 6.07) is 0.352. The fourth-order valence-electron chi connectivity index (χ4n) is 3.59. The molecule has 108 valence electrons. The van der Waals surface area contributed by atoms with E-state index in [0.29, 0.717) is 18.6 Å². The van der Waals surface area contributed by atoms with Gasteiger partial charge in [0, 0.05) is 57.8 Å². The molecule has 0 aromatic heterocycles. The Morgan fingerprint density at radius 3 is 2.89 bits per heavy atom. The lowest BCUT2D eigenvalue weighted by Gasteiger charge is -2.25. The van der Waals surface area contributed by atoms with E-state index in [-0.39, 0.29) is 18.4 Å². The molecule has 3 saturated heterocycles. The van der Waals surface area contributed by atoms with Crippen LogP contribution >= 0.6 is 0 Å². The Morgan fingerprint density at radius 1 is 1.32 bits per heavy atom. The van der Waals surface area contributed by atoms with E-state index in [1.165, 1.54) is 12.8 Å². The molecular weight excluding hydrogens is 244 g/mol. The number of amides is 1. The number of hydrogen-bond acceptors (Lipinski definition) is 4. The van der Waals surface area contributed by atoms with Gasteiger partial charge in [0.05, 0.1) is 6.10 Å². The second-order valence-electron chi connectivity index (χ2n) is 6.14. The maximum Gasteiger partial charge on any atom is 0.223 e. The minimum absolute atomic E-state index is 0.134. The number of nitrogens with zero attached hydrogens (tertiary/aromatic N) is 2. The average Bonchev–Trinajstić information content (AvgIpc) is 3.10. The van der Waals surface area contributed by atoms with Gasteiger partial charge in [-0.2, -0.15) is 0 Å². The lowest BCUT2D eigenvalue weighted by atomic mass is 10.1. The number of carbonyl (C=O) groups is 1. The highest BCUT2D eigenvalue weighted by Crippen LogP contribution is 2.25. The van der Waals surface area contributed by atoms with Crippen molar-refractivity contribution in [2.45, 2.75) is 37.8 Å². The predicted octanol–water partition coefficient (Wildman–Crippen LogP) is 0.0805. The van der Waals surface area contributed by atoms with Gasteiger partial charge in [-0.15, -0.1) is 0 Å². The highest BCUT2D eigenvalue weighted by Gasteiger charge is 2.37. The van der Waals surface area contributed by atoms with Gasteiger partial charge >= 0.3 is 0 Å². The summed E-state index contributed by atoms with van der Waals surface area (Å²) in [5.41, 5.74) is 0. The SMILES string of the molecule is O=C1CC(CO)CN1C1CCN(CC2CCCO2)C1. The summed E-state index contributed by atoms with van der Waals surface area (Å²) in [6.45, 7) is 4.84. The molecule has 3 fully saturated rings. The van der Waals surface area contributed by atoms with Crippen LogP contribution in [-0.4, -0.2) is 72.4 Å². The van der Waals surface area contributed by atoms with Gasteiger partial charge in [-0.1, -0.05) is 0 Å². The first-order valence-electron chi connectivity index (χ1n) is 7.50. The summed E-state index contributed by atoms with van der Waals surface area (Å²) in [5.74, 6) is 0.378. The number of hydrogen-bond donors (Lipinski definition) is 1. The van der Waals surface area contributed by atoms with Crippen LogP contribution in [0.15, 0.2) is 0 Å². The lowest BCUT2D eigenvalue weighted by molar-refractivity contribution is -0.129. The fourth-order valence-corrected chi connectivity index (χ4v) is 3.59. The molecule has 0 radical (unpaired) electrons. The normalized spacial score (nSPS) is 36.6. The van der Waals surface area contributed by atoms with Crippen LogP contribution in [0.25, 0.3) is 0 Å². The zero-order valence-corrected chi connectivity index (χ0v) is 11.5. The topological polar surface area (TPSA) is 53.0 Å². The van der Waals surface area contributed by atoms with E-state index < -0.39 is 0 Å². The molecule has 19 heavy (non-hydrogen) atoms. The summed E-state index contributed by atoms with van der Waals surface area (Å²) in [5, 5.41) is 9.18. The second kappa shape index (κ2) is 5.77. The Balaban J connectivity index is 1.49. The molecule has 0 aromatic carbocycles. The summed E-state index contributed by atoms with van der Waals surface area (Å²) < 4.78 is 5.68. The van der Waals surface area contributed by atoms with Gasteiger partial charge in [0.15, 0.2) is 0 Å². The van der Waals surface area contributed by atoms with Gasteiger partial charge in [0.2, 0.25) is 5.91 Å². The van der Waals surface area contributed by atoms with Crippen molar-refractivity contribution in [2.24, 2.45) is 5.92 Å². The summed E-state index contributed by atoms with van der Waals surface area (Å²) in [6.07, 6.45) is 4.36. The van der Waals surface area contributed by atoms with E-state index in [9.17, 15) is 9.90 Å². The Bertz CT molecular complexity index is 331. The smallest absolute Gasteiger partial charge is 0.223 e. The van der Waals surface area contributed by atoms with E-state index in [0.717, 1.165) is 39.2 Å². The van der Waals surface area contributed by atoms with E-state index in [2.05, 4.69) is 4.90 Å². The maximum absolute atomic E-state index is 12.0. The van der Waals surface area contributed by atoms with E-state index in [1.807, 2.05) is 4.90 Å². The van der Waals surface area contributed by atoms with Gasteiger partial charge in [0.1, 0.15) is 0 Å². The van der Waals surface area contributed by atoms with Crippen LogP contribution in [0.5, 0.6) is 0 Å². The number of carbonyl (C=O) groups excluding carboxylic acids is 1. The fraction of sp³-hybridized carbons (Fsp3) is 0.929. The molecule has 0 aromatic rings. The quantitative estimate of drug-likeness (QED) is 0.784. The second-order valence-corrected chi connectivity index (χ2v) is 6.14. The number of aliphatic hydroxyl groups excluding tert-OH is 1. The predicted molar refractivity (Wildman–Crippen MR) is 70.7 cm³/mol. The third-order valence-electron chi connectivity index (χ3n) is 4.67. The van der Waals surface area contributed by atoms with Crippen LogP contribution in [0.3, 0.4) is 0 Å². The van der Waals surface area contributed by atoms with Crippen LogP contribution in [-0.2, 0) is 9.53 Å². The molecule has 0 saturated carbocycles. The van der Waals surface area contributed by atoms with Crippen molar-refractivity contribution in [3.63, 3.8) is 0 Å². The zero-order valence-electron chi connectivity index (χ0n) is 11.5. The molecule has 0 aliphatic carbocycles. The minimum atomic E-state index is 0.134. The van der Waals surface area contributed by atoms with Crippen molar-refractivity contribution >= 4 is 5.91 Å². The van der Waals surface area contributed by atoms with Gasteiger partial charge in [-0.25, -0.2) is 0 Å². The third-order valence-corrected chi connectivity index (χ3v) is 4.67. The largest absolute Gasteiger partial charge is 0.396 e. The third kappa shape index (κ3) is 2.93. The van der Waals surface area contributed by atoms with Gasteiger partial charge in [-0.05, 0) is 19.3 Å². The Kier molecular flexibility index (Phi) is 4.05. The van der Waals surface area contributed by atoms with E-state index in [4.69, 9.17) is 4.74 Å². The van der Waals surface area contributed by atoms with Gasteiger partial charge in [-0.3, -0.25) is 9.69 Å².